The van der Waals surface area contributed by atoms with Gasteiger partial charge in [-0.25, -0.2) is 0 Å². The second-order valence-corrected chi connectivity index (χ2v) is 6.86. The number of halogens is 2. The Bertz CT molecular complexity index is 865. The third-order valence-corrected chi connectivity index (χ3v) is 5.10. The van der Waals surface area contributed by atoms with Gasteiger partial charge in [0.15, 0.2) is 0 Å². The van der Waals surface area contributed by atoms with Crippen LogP contribution in [0.15, 0.2) is 54.6 Å². The third kappa shape index (κ3) is 4.45. The highest BCUT2D eigenvalue weighted by Crippen LogP contribution is 2.30. The lowest BCUT2D eigenvalue weighted by atomic mass is 9.88. The molecule has 3 rings (SSSR count). The third-order valence-electron chi connectivity index (χ3n) is 4.28. The first-order valence-corrected chi connectivity index (χ1v) is 9.11. The molecule has 26 heavy (non-hydrogen) atoms. The number of hydrogen-bond donors (Lipinski definition) is 2. The lowest BCUT2D eigenvalue weighted by Crippen LogP contribution is -2.29. The summed E-state index contributed by atoms with van der Waals surface area (Å²) in [6.07, 6.45) is 5.35. The van der Waals surface area contributed by atoms with Gasteiger partial charge < -0.3 is 10.6 Å². The van der Waals surface area contributed by atoms with E-state index in [0.29, 0.717) is 10.7 Å². The van der Waals surface area contributed by atoms with Crippen molar-refractivity contribution in [2.75, 3.05) is 5.32 Å². The average molecular weight is 389 g/mol. The van der Waals surface area contributed by atoms with Gasteiger partial charge in [-0.2, -0.15) is 0 Å². The summed E-state index contributed by atoms with van der Waals surface area (Å²) in [7, 11) is 0. The summed E-state index contributed by atoms with van der Waals surface area (Å²) in [5, 5.41) is 6.18. The standard InChI is InChI=1S/C20H18Cl2N2O2/c21-15-8-4-10-17(20(15)22)24-19(26)12-11-18(25)23-16-9-3-6-13-5-1-2-7-14(13)16/h1-2,4-5,7-8,10-12,16H,3,6,9H2,(H,23,25)(H,24,26)/b12-11+. The van der Waals surface area contributed by atoms with E-state index in [4.69, 9.17) is 23.2 Å². The Morgan fingerprint density at radius 2 is 1.77 bits per heavy atom. The molecule has 0 fully saturated rings. The first-order chi connectivity index (χ1) is 12.5. The maximum absolute atomic E-state index is 12.2. The minimum atomic E-state index is -0.451. The first kappa shape index (κ1) is 18.5. The van der Waals surface area contributed by atoms with Crippen LogP contribution in [-0.2, 0) is 16.0 Å². The van der Waals surface area contributed by atoms with Crippen LogP contribution in [-0.4, -0.2) is 11.8 Å². The second-order valence-electron chi connectivity index (χ2n) is 6.08. The Balaban J connectivity index is 1.60. The van der Waals surface area contributed by atoms with Gasteiger partial charge in [0.05, 0.1) is 21.8 Å². The van der Waals surface area contributed by atoms with Gasteiger partial charge in [-0.3, -0.25) is 9.59 Å². The molecule has 1 unspecified atom stereocenters. The number of fused-ring (bicyclic) bond motifs is 1. The van der Waals surface area contributed by atoms with E-state index >= 15 is 0 Å². The Morgan fingerprint density at radius 3 is 2.62 bits per heavy atom. The van der Waals surface area contributed by atoms with E-state index in [9.17, 15) is 9.59 Å². The minimum absolute atomic E-state index is 0.0254. The zero-order valence-corrected chi connectivity index (χ0v) is 15.5. The highest BCUT2D eigenvalue weighted by molar-refractivity contribution is 6.44. The van der Waals surface area contributed by atoms with Crippen molar-refractivity contribution in [3.8, 4) is 0 Å². The molecule has 0 saturated carbocycles. The van der Waals surface area contributed by atoms with Gasteiger partial charge in [0.2, 0.25) is 11.8 Å². The van der Waals surface area contributed by atoms with Crippen molar-refractivity contribution in [3.05, 3.63) is 75.8 Å². The van der Waals surface area contributed by atoms with Gasteiger partial charge in [0.25, 0.3) is 0 Å². The molecule has 0 aliphatic heterocycles. The molecule has 1 aliphatic carbocycles. The summed E-state index contributed by atoms with van der Waals surface area (Å²) in [5.74, 6) is -0.757. The van der Waals surface area contributed by atoms with Crippen LogP contribution in [0.25, 0.3) is 0 Å². The normalized spacial score (nSPS) is 16.2. The lowest BCUT2D eigenvalue weighted by Gasteiger charge is -2.25. The number of rotatable bonds is 4. The van der Waals surface area contributed by atoms with E-state index in [1.54, 1.807) is 18.2 Å². The predicted octanol–water partition coefficient (Wildman–Crippen LogP) is 4.68. The van der Waals surface area contributed by atoms with Crippen molar-refractivity contribution in [1.29, 1.82) is 0 Å². The summed E-state index contributed by atoms with van der Waals surface area (Å²) in [6, 6.07) is 13.0. The Kier molecular flexibility index (Phi) is 5.96. The lowest BCUT2D eigenvalue weighted by molar-refractivity contribution is -0.118. The number of nitrogens with one attached hydrogen (secondary N) is 2. The fourth-order valence-corrected chi connectivity index (χ4v) is 3.40. The zero-order valence-electron chi connectivity index (χ0n) is 14.0. The van der Waals surface area contributed by atoms with Gasteiger partial charge in [-0.15, -0.1) is 0 Å². The largest absolute Gasteiger partial charge is 0.346 e. The smallest absolute Gasteiger partial charge is 0.248 e. The summed E-state index contributed by atoms with van der Waals surface area (Å²) in [4.78, 5) is 24.2. The van der Waals surface area contributed by atoms with Crippen molar-refractivity contribution >= 4 is 40.7 Å². The fraction of sp³-hybridized carbons (Fsp3) is 0.200. The van der Waals surface area contributed by atoms with Crippen LogP contribution in [0.3, 0.4) is 0 Å². The molecule has 2 N–H and O–H groups in total. The molecule has 6 heteroatoms. The van der Waals surface area contributed by atoms with Gasteiger partial charge in [0.1, 0.15) is 0 Å². The summed E-state index contributed by atoms with van der Waals surface area (Å²) >= 11 is 11.9. The highest BCUT2D eigenvalue weighted by Gasteiger charge is 2.20. The monoisotopic (exact) mass is 388 g/mol. The number of anilines is 1. The van der Waals surface area contributed by atoms with Crippen molar-refractivity contribution in [2.45, 2.75) is 25.3 Å². The number of aryl methyl sites for hydroxylation is 1. The van der Waals surface area contributed by atoms with E-state index in [0.717, 1.165) is 24.8 Å². The molecule has 4 nitrogen and oxygen atoms in total. The van der Waals surface area contributed by atoms with Crippen LogP contribution in [0.2, 0.25) is 10.0 Å². The van der Waals surface area contributed by atoms with Crippen molar-refractivity contribution in [3.63, 3.8) is 0 Å². The minimum Gasteiger partial charge on any atom is -0.346 e. The Hall–Kier alpha value is -2.30. The Morgan fingerprint density at radius 1 is 1.00 bits per heavy atom. The van der Waals surface area contributed by atoms with Crippen LogP contribution in [0.4, 0.5) is 5.69 Å². The molecule has 2 aromatic rings. The van der Waals surface area contributed by atoms with E-state index in [1.165, 1.54) is 17.7 Å². The van der Waals surface area contributed by atoms with Crippen molar-refractivity contribution in [2.24, 2.45) is 0 Å². The highest BCUT2D eigenvalue weighted by atomic mass is 35.5. The predicted molar refractivity (Wildman–Crippen MR) is 104 cm³/mol. The first-order valence-electron chi connectivity index (χ1n) is 8.36. The fourth-order valence-electron chi connectivity index (χ4n) is 3.05. The van der Waals surface area contributed by atoms with E-state index in [-0.39, 0.29) is 17.0 Å². The number of amides is 2. The molecule has 0 radical (unpaired) electrons. The molecular weight excluding hydrogens is 371 g/mol. The Labute approximate surface area is 162 Å². The van der Waals surface area contributed by atoms with Crippen LogP contribution in [0.1, 0.15) is 30.0 Å². The number of carbonyl (C=O) groups excluding carboxylic acids is 2. The number of benzene rings is 2. The van der Waals surface area contributed by atoms with E-state index < -0.39 is 5.91 Å². The molecule has 2 aromatic carbocycles. The molecule has 0 aromatic heterocycles. The summed E-state index contributed by atoms with van der Waals surface area (Å²) in [6.45, 7) is 0. The molecule has 0 spiro atoms. The van der Waals surface area contributed by atoms with Crippen LogP contribution in [0, 0.1) is 0 Å². The van der Waals surface area contributed by atoms with E-state index in [2.05, 4.69) is 16.7 Å². The van der Waals surface area contributed by atoms with Crippen LogP contribution < -0.4 is 10.6 Å². The molecule has 134 valence electrons. The van der Waals surface area contributed by atoms with Gasteiger partial charge >= 0.3 is 0 Å². The maximum Gasteiger partial charge on any atom is 0.248 e. The SMILES string of the molecule is O=C(/C=C/C(=O)NC1CCCc2ccccc21)Nc1cccc(Cl)c1Cl. The molecule has 1 aliphatic rings. The summed E-state index contributed by atoms with van der Waals surface area (Å²) in [5.41, 5.74) is 2.81. The van der Waals surface area contributed by atoms with E-state index in [1.807, 2.05) is 18.2 Å². The van der Waals surface area contributed by atoms with Gasteiger partial charge in [0, 0.05) is 12.2 Å². The number of carbonyl (C=O) groups is 2. The quantitative estimate of drug-likeness (QED) is 0.746. The topological polar surface area (TPSA) is 58.2 Å². The van der Waals surface area contributed by atoms with Crippen molar-refractivity contribution in [1.82, 2.24) is 5.32 Å². The van der Waals surface area contributed by atoms with Gasteiger partial charge in [-0.1, -0.05) is 53.5 Å². The van der Waals surface area contributed by atoms with Crippen LogP contribution in [0.5, 0.6) is 0 Å². The molecule has 0 heterocycles. The maximum atomic E-state index is 12.2. The molecule has 2 amide bonds. The molecule has 1 atom stereocenters. The number of hydrogen-bond acceptors (Lipinski definition) is 2. The molecule has 0 saturated heterocycles. The summed E-state index contributed by atoms with van der Waals surface area (Å²) < 4.78 is 0. The molecule has 0 bridgehead atoms. The molecular formula is C20H18Cl2N2O2. The second kappa shape index (κ2) is 8.39. The zero-order chi connectivity index (χ0) is 18.5. The average Bonchev–Trinajstić information content (AvgIpc) is 2.64. The van der Waals surface area contributed by atoms with Gasteiger partial charge in [-0.05, 0) is 42.5 Å². The van der Waals surface area contributed by atoms with Crippen molar-refractivity contribution < 1.29 is 9.59 Å². The van der Waals surface area contributed by atoms with Crippen LogP contribution >= 0.6 is 23.2 Å².